The van der Waals surface area contributed by atoms with Crippen molar-refractivity contribution in [1.82, 2.24) is 0 Å². The molecule has 38 heavy (non-hydrogen) atoms. The Morgan fingerprint density at radius 1 is 0.895 bits per heavy atom. The lowest BCUT2D eigenvalue weighted by molar-refractivity contribution is -0.132. The van der Waals surface area contributed by atoms with Crippen molar-refractivity contribution in [3.05, 3.63) is 73.3 Å². The zero-order valence-electron chi connectivity index (χ0n) is 20.8. The molecule has 0 spiro atoms. The van der Waals surface area contributed by atoms with E-state index in [1.54, 1.807) is 66.7 Å². The molecular weight excluding hydrogens is 520 g/mol. The van der Waals surface area contributed by atoms with Gasteiger partial charge >= 0.3 is 0 Å². The number of carbonyl (C=O) groups excluding carboxylic acids is 1. The van der Waals surface area contributed by atoms with E-state index >= 15 is 0 Å². The zero-order valence-corrected chi connectivity index (χ0v) is 22.4. The van der Waals surface area contributed by atoms with Crippen LogP contribution >= 0.6 is 0 Å². The molecule has 2 aromatic carbocycles. The Morgan fingerprint density at radius 2 is 1.53 bits per heavy atom. The summed E-state index contributed by atoms with van der Waals surface area (Å²) in [7, 11) is -7.49. The van der Waals surface area contributed by atoms with Gasteiger partial charge in [-0.15, -0.1) is 6.58 Å². The minimum atomic E-state index is -3.93. The molecule has 6 saturated carbocycles. The van der Waals surface area contributed by atoms with Crippen LogP contribution in [0.4, 0.5) is 0 Å². The van der Waals surface area contributed by atoms with E-state index in [0.717, 1.165) is 0 Å². The fourth-order valence-electron chi connectivity index (χ4n) is 11.3. The van der Waals surface area contributed by atoms with E-state index in [9.17, 15) is 26.7 Å². The third kappa shape index (κ3) is 2.32. The number of sulfone groups is 2. The second-order valence-electron chi connectivity index (χ2n) is 12.5. The predicted molar refractivity (Wildman–Crippen MR) is 139 cm³/mol. The summed E-state index contributed by atoms with van der Waals surface area (Å²) in [5.41, 5.74) is -1.45. The van der Waals surface area contributed by atoms with Crippen molar-refractivity contribution in [2.45, 2.75) is 33.0 Å². The smallest absolute Gasteiger partial charge is 0.185 e. The van der Waals surface area contributed by atoms with Gasteiger partial charge in [0.05, 0.1) is 25.9 Å². The zero-order chi connectivity index (χ0) is 26.4. The van der Waals surface area contributed by atoms with Gasteiger partial charge in [-0.1, -0.05) is 42.5 Å². The normalized spacial score (nSPS) is 46.9. The number of benzene rings is 2. The molecule has 0 unspecified atom stereocenters. The van der Waals surface area contributed by atoms with Crippen LogP contribution in [0, 0.1) is 59.2 Å². The summed E-state index contributed by atoms with van der Waals surface area (Å²) >= 11 is 0. The number of fused-ring (bicyclic) bond motifs is 3. The van der Waals surface area contributed by atoms with E-state index in [2.05, 4.69) is 6.58 Å². The molecule has 1 N–H and O–H groups in total. The Balaban J connectivity index is 1.26. The summed E-state index contributed by atoms with van der Waals surface area (Å²) in [5, 5.41) is 12.4. The molecule has 6 nitrogen and oxygen atoms in total. The van der Waals surface area contributed by atoms with Crippen molar-refractivity contribution in [2.75, 3.05) is 5.75 Å². The molecule has 198 valence electrons. The van der Waals surface area contributed by atoms with Gasteiger partial charge in [0.15, 0.2) is 19.7 Å². The van der Waals surface area contributed by atoms with Crippen molar-refractivity contribution in [3.63, 3.8) is 0 Å². The van der Waals surface area contributed by atoms with Crippen LogP contribution in [0.15, 0.2) is 83.1 Å². The van der Waals surface area contributed by atoms with Gasteiger partial charge in [-0.2, -0.15) is 0 Å². The molecular formula is C30H30O6S2. The largest absolute Gasteiger partial charge is 0.385 e. The molecule has 12 atom stereocenters. The topological polar surface area (TPSA) is 106 Å². The monoisotopic (exact) mass is 550 g/mol. The number of rotatable bonds is 7. The number of Topliss-reactive ketones (excluding diaryl/α,β-unsaturated/α-hetero) is 1. The lowest BCUT2D eigenvalue weighted by atomic mass is 9.63. The lowest BCUT2D eigenvalue weighted by Gasteiger charge is -2.49. The molecule has 6 aliphatic carbocycles. The van der Waals surface area contributed by atoms with Gasteiger partial charge in [0.25, 0.3) is 0 Å². The molecule has 0 heterocycles. The van der Waals surface area contributed by atoms with Crippen molar-refractivity contribution in [1.29, 1.82) is 0 Å². The highest BCUT2D eigenvalue weighted by atomic mass is 32.2. The lowest BCUT2D eigenvalue weighted by Crippen LogP contribution is -2.61. The highest BCUT2D eigenvalue weighted by Crippen LogP contribution is 2.87. The van der Waals surface area contributed by atoms with Crippen LogP contribution in [-0.2, 0) is 24.5 Å². The Hall–Kier alpha value is -2.29. The maximum absolute atomic E-state index is 14.5. The summed E-state index contributed by atoms with van der Waals surface area (Å²) in [6.07, 6.45) is 2.25. The number of hydrogen-bond donors (Lipinski definition) is 1. The molecule has 0 saturated heterocycles. The van der Waals surface area contributed by atoms with Crippen LogP contribution in [0.1, 0.15) is 12.8 Å². The van der Waals surface area contributed by atoms with Crippen molar-refractivity contribution < 1.29 is 26.7 Å². The molecule has 0 amide bonds. The molecule has 2 bridgehead atoms. The Labute approximate surface area is 223 Å². The minimum absolute atomic E-state index is 0.00544. The van der Waals surface area contributed by atoms with Gasteiger partial charge in [0.2, 0.25) is 0 Å². The third-order valence-corrected chi connectivity index (χ3v) is 16.2. The maximum Gasteiger partial charge on any atom is 0.185 e. The van der Waals surface area contributed by atoms with Crippen LogP contribution < -0.4 is 0 Å². The minimum Gasteiger partial charge on any atom is -0.385 e. The van der Waals surface area contributed by atoms with Crippen molar-refractivity contribution in [3.8, 4) is 0 Å². The van der Waals surface area contributed by atoms with Gasteiger partial charge < -0.3 is 5.11 Å². The van der Waals surface area contributed by atoms with Crippen molar-refractivity contribution >= 4 is 25.5 Å². The van der Waals surface area contributed by atoms with Crippen LogP contribution in [0.5, 0.6) is 0 Å². The SMILES string of the molecule is C=C[C@]1(O)[C@@H]2[C@@H](CCS(=O)(=O)c3ccccc3)[C@H]3C(=O)[C@H]4[C@H]5[C@H]6C[C@@]4(S(=O)(=O)c4ccccc4)[C@H]1[C@H]6[C@H]2[C@@H]35. The summed E-state index contributed by atoms with van der Waals surface area (Å²) in [6, 6.07) is 16.7. The van der Waals surface area contributed by atoms with Gasteiger partial charge in [-0.3, -0.25) is 4.79 Å². The molecule has 8 heteroatoms. The first kappa shape index (κ1) is 23.6. The average Bonchev–Trinajstić information content (AvgIpc) is 3.70. The quantitative estimate of drug-likeness (QED) is 0.531. The number of carbonyl (C=O) groups is 1. The van der Waals surface area contributed by atoms with Gasteiger partial charge in [-0.05, 0) is 78.5 Å². The second kappa shape index (κ2) is 7.07. The number of hydrogen-bond acceptors (Lipinski definition) is 6. The molecule has 8 rings (SSSR count). The molecule has 6 aliphatic rings. The summed E-state index contributed by atoms with van der Waals surface area (Å²) in [5.74, 6) is -2.14. The number of aliphatic hydroxyl groups is 1. The Bertz CT molecular complexity index is 1600. The number of ketones is 1. The van der Waals surface area contributed by atoms with Gasteiger partial charge in [-0.25, -0.2) is 16.8 Å². The van der Waals surface area contributed by atoms with E-state index < -0.39 is 47.8 Å². The summed E-state index contributed by atoms with van der Waals surface area (Å²) in [4.78, 5) is 14.8. The van der Waals surface area contributed by atoms with Crippen LogP contribution in [0.3, 0.4) is 0 Å². The first-order valence-corrected chi connectivity index (χ1v) is 16.7. The third-order valence-electron chi connectivity index (χ3n) is 11.8. The Kier molecular flexibility index (Phi) is 4.39. The highest BCUT2D eigenvalue weighted by molar-refractivity contribution is 7.93. The highest BCUT2D eigenvalue weighted by Gasteiger charge is 2.92. The van der Waals surface area contributed by atoms with E-state index in [0.29, 0.717) is 6.42 Å². The van der Waals surface area contributed by atoms with Crippen molar-refractivity contribution in [2.24, 2.45) is 59.2 Å². The maximum atomic E-state index is 14.5. The first-order valence-electron chi connectivity index (χ1n) is 13.6. The van der Waals surface area contributed by atoms with Gasteiger partial charge in [0.1, 0.15) is 5.78 Å². The van der Waals surface area contributed by atoms with E-state index in [-0.39, 0.29) is 69.2 Å². The Morgan fingerprint density at radius 3 is 2.16 bits per heavy atom. The second-order valence-corrected chi connectivity index (χ2v) is 16.9. The van der Waals surface area contributed by atoms with E-state index in [4.69, 9.17) is 0 Å². The average molecular weight is 551 g/mol. The molecule has 0 radical (unpaired) electrons. The molecule has 0 aliphatic heterocycles. The van der Waals surface area contributed by atoms with E-state index in [1.807, 2.05) is 0 Å². The molecule has 0 aromatic heterocycles. The standard InChI is InChI=1S/C30H30O6S2/c1-2-29(32)25-18(13-14-37(33,34)16-9-5-3-6-10-16)21-23-20-19-15-30(26(20)27(21)31,28(29)22(19)24(23)25)38(35,36)17-11-7-4-8-12-17/h2-12,18-26,28,32H,1,13-15H2/t18-,19+,20-,21+,22+,23+,24-,25+,26+,28-,29-,30-/m0/s1. The van der Waals surface area contributed by atoms with Crippen LogP contribution in [0.2, 0.25) is 0 Å². The van der Waals surface area contributed by atoms with E-state index in [1.165, 1.54) is 0 Å². The molecule has 2 aromatic rings. The fraction of sp³-hybridized carbons (Fsp3) is 0.500. The molecule has 6 fully saturated rings. The van der Waals surface area contributed by atoms with Gasteiger partial charge in [0, 0.05) is 17.8 Å². The fourth-order valence-corrected chi connectivity index (χ4v) is 15.3. The summed E-state index contributed by atoms with van der Waals surface area (Å²) in [6.45, 7) is 4.01. The predicted octanol–water partition coefficient (Wildman–Crippen LogP) is 3.18. The van der Waals surface area contributed by atoms with Crippen LogP contribution in [0.25, 0.3) is 0 Å². The summed E-state index contributed by atoms with van der Waals surface area (Å²) < 4.78 is 54.0. The van der Waals surface area contributed by atoms with Crippen LogP contribution in [-0.4, -0.2) is 43.8 Å². The first-order chi connectivity index (χ1) is 18.1.